The molecule has 0 nitrogen and oxygen atoms in total. The number of hydrogen-bond acceptors (Lipinski definition) is 0. The molecule has 1 aliphatic rings. The predicted molar refractivity (Wildman–Crippen MR) is 14.8 cm³/mol. The smallest absolute Gasteiger partial charge is 0.234 e. The monoisotopic (exact) mass is 132 g/mol. The van der Waals surface area contributed by atoms with Crippen LogP contribution in [0.4, 0.5) is 22.0 Å². The van der Waals surface area contributed by atoms with Gasteiger partial charge >= 0.3 is 11.8 Å². The van der Waals surface area contributed by atoms with Crippen molar-refractivity contribution < 1.29 is 22.0 Å². The lowest BCUT2D eigenvalue weighted by Gasteiger charge is -1.85. The standard InChI is InChI=1S/C3HF5/c4-1-2(5,6)3(1,7)8/h1H. The largest absolute Gasteiger partial charge is 0.350 e. The van der Waals surface area contributed by atoms with Crippen LogP contribution in [0.25, 0.3) is 0 Å². The van der Waals surface area contributed by atoms with E-state index in [4.69, 9.17) is 0 Å². The Kier molecular flexibility index (Phi) is 0.715. The Balaban J connectivity index is 2.72. The summed E-state index contributed by atoms with van der Waals surface area (Å²) in [5.74, 6) is -8.79. The van der Waals surface area contributed by atoms with E-state index < -0.39 is 18.0 Å². The second kappa shape index (κ2) is 0.989. The highest BCUT2D eigenvalue weighted by atomic mass is 19.3. The fraction of sp³-hybridized carbons (Fsp3) is 1.00. The summed E-state index contributed by atoms with van der Waals surface area (Å²) in [5.41, 5.74) is 0. The van der Waals surface area contributed by atoms with Gasteiger partial charge in [-0.15, -0.1) is 0 Å². The molecule has 5 heteroatoms. The quantitative estimate of drug-likeness (QED) is 0.439. The Morgan fingerprint density at radius 3 is 1.00 bits per heavy atom. The first-order valence-corrected chi connectivity index (χ1v) is 1.80. The first-order valence-electron chi connectivity index (χ1n) is 1.80. The van der Waals surface area contributed by atoms with Crippen LogP contribution in [-0.2, 0) is 0 Å². The fourth-order valence-corrected chi connectivity index (χ4v) is 0.306. The predicted octanol–water partition coefficient (Wildman–Crippen LogP) is 1.61. The van der Waals surface area contributed by atoms with E-state index in [0.717, 1.165) is 0 Å². The second-order valence-electron chi connectivity index (χ2n) is 1.61. The third kappa shape index (κ3) is 0.351. The highest BCUT2D eigenvalue weighted by Gasteiger charge is 2.87. The van der Waals surface area contributed by atoms with Crippen LogP contribution in [0.2, 0.25) is 0 Å². The van der Waals surface area contributed by atoms with Gasteiger partial charge in [0.15, 0.2) is 0 Å². The first kappa shape index (κ1) is 5.78. The molecule has 0 heterocycles. The van der Waals surface area contributed by atoms with Crippen molar-refractivity contribution in [1.29, 1.82) is 0 Å². The maximum atomic E-state index is 11.2. The van der Waals surface area contributed by atoms with Gasteiger partial charge in [-0.05, 0) is 0 Å². The first-order chi connectivity index (χ1) is 3.40. The van der Waals surface area contributed by atoms with Crippen LogP contribution in [0.3, 0.4) is 0 Å². The van der Waals surface area contributed by atoms with Gasteiger partial charge in [0.05, 0.1) is 0 Å². The fourth-order valence-electron chi connectivity index (χ4n) is 0.306. The van der Waals surface area contributed by atoms with Crippen molar-refractivity contribution in [3.63, 3.8) is 0 Å². The van der Waals surface area contributed by atoms with Crippen molar-refractivity contribution in [1.82, 2.24) is 0 Å². The second-order valence-corrected chi connectivity index (χ2v) is 1.61. The molecule has 0 aromatic carbocycles. The highest BCUT2D eigenvalue weighted by molar-refractivity contribution is 5.15. The summed E-state index contributed by atoms with van der Waals surface area (Å²) in [7, 11) is 0. The number of alkyl halides is 5. The van der Waals surface area contributed by atoms with Gasteiger partial charge in [-0.25, -0.2) is 4.39 Å². The van der Waals surface area contributed by atoms with Gasteiger partial charge in [0.2, 0.25) is 6.17 Å². The number of rotatable bonds is 0. The summed E-state index contributed by atoms with van der Waals surface area (Å²) >= 11 is 0. The van der Waals surface area contributed by atoms with Crippen molar-refractivity contribution in [2.75, 3.05) is 0 Å². The Hall–Kier alpha value is -0.350. The molecule has 48 valence electrons. The minimum atomic E-state index is -4.40. The van der Waals surface area contributed by atoms with Gasteiger partial charge in [-0.3, -0.25) is 0 Å². The lowest BCUT2D eigenvalue weighted by molar-refractivity contribution is -0.0278. The van der Waals surface area contributed by atoms with Crippen molar-refractivity contribution in [3.8, 4) is 0 Å². The third-order valence-electron chi connectivity index (χ3n) is 0.998. The summed E-state index contributed by atoms with van der Waals surface area (Å²) in [6.07, 6.45) is -3.25. The van der Waals surface area contributed by atoms with Gasteiger partial charge < -0.3 is 0 Å². The van der Waals surface area contributed by atoms with Crippen molar-refractivity contribution >= 4 is 0 Å². The minimum absolute atomic E-state index is 3.25. The van der Waals surface area contributed by atoms with Crippen molar-refractivity contribution in [2.45, 2.75) is 18.0 Å². The molecule has 0 bridgehead atoms. The molecule has 0 N–H and O–H groups in total. The summed E-state index contributed by atoms with van der Waals surface area (Å²) < 4.78 is 55.9. The van der Waals surface area contributed by atoms with Crippen LogP contribution in [0.15, 0.2) is 0 Å². The van der Waals surface area contributed by atoms with Crippen molar-refractivity contribution in [3.05, 3.63) is 0 Å². The van der Waals surface area contributed by atoms with Crippen LogP contribution in [0, 0.1) is 0 Å². The number of halogens is 5. The summed E-state index contributed by atoms with van der Waals surface area (Å²) in [6, 6.07) is 0. The molecule has 0 saturated heterocycles. The molecule has 0 aromatic heterocycles. The van der Waals surface area contributed by atoms with E-state index >= 15 is 0 Å². The topological polar surface area (TPSA) is 0 Å². The molecule has 0 aromatic rings. The van der Waals surface area contributed by atoms with Crippen LogP contribution in [0.1, 0.15) is 0 Å². The van der Waals surface area contributed by atoms with E-state index in [1.165, 1.54) is 0 Å². The Bertz CT molecular complexity index is 103. The lowest BCUT2D eigenvalue weighted by Crippen LogP contribution is -2.02. The summed E-state index contributed by atoms with van der Waals surface area (Å²) in [4.78, 5) is 0. The van der Waals surface area contributed by atoms with Gasteiger partial charge in [0, 0.05) is 0 Å². The normalized spacial score (nSPS) is 32.6. The molecule has 1 rings (SSSR count). The van der Waals surface area contributed by atoms with E-state index in [-0.39, 0.29) is 0 Å². The Morgan fingerprint density at radius 1 is 0.875 bits per heavy atom. The van der Waals surface area contributed by atoms with E-state index in [0.29, 0.717) is 0 Å². The Morgan fingerprint density at radius 2 is 1.00 bits per heavy atom. The van der Waals surface area contributed by atoms with Crippen LogP contribution < -0.4 is 0 Å². The number of hydrogen-bond donors (Lipinski definition) is 0. The molecule has 0 amide bonds. The average molecular weight is 132 g/mol. The van der Waals surface area contributed by atoms with Gasteiger partial charge in [-0.1, -0.05) is 0 Å². The van der Waals surface area contributed by atoms with Gasteiger partial charge in [-0.2, -0.15) is 17.6 Å². The van der Waals surface area contributed by atoms with Crippen LogP contribution >= 0.6 is 0 Å². The molecule has 1 fully saturated rings. The van der Waals surface area contributed by atoms with Gasteiger partial charge in [0.25, 0.3) is 0 Å². The zero-order chi connectivity index (χ0) is 6.58. The summed E-state index contributed by atoms with van der Waals surface area (Å²) in [6.45, 7) is 0. The molecule has 8 heavy (non-hydrogen) atoms. The highest BCUT2D eigenvalue weighted by Crippen LogP contribution is 2.58. The Labute approximate surface area is 41.3 Å². The molecular weight excluding hydrogens is 131 g/mol. The zero-order valence-corrected chi connectivity index (χ0v) is 3.47. The average Bonchev–Trinajstić information content (AvgIpc) is 1.88. The molecule has 1 aliphatic carbocycles. The molecular formula is C3HF5. The summed E-state index contributed by atoms with van der Waals surface area (Å²) in [5, 5.41) is 0. The van der Waals surface area contributed by atoms with Gasteiger partial charge in [0.1, 0.15) is 0 Å². The lowest BCUT2D eigenvalue weighted by atomic mass is 10.8. The SMILES string of the molecule is FC1C(F)(F)C1(F)F. The minimum Gasteiger partial charge on any atom is -0.234 e. The van der Waals surface area contributed by atoms with Crippen LogP contribution in [-0.4, -0.2) is 18.0 Å². The molecule has 0 unspecified atom stereocenters. The van der Waals surface area contributed by atoms with E-state index in [1.807, 2.05) is 0 Å². The van der Waals surface area contributed by atoms with E-state index in [9.17, 15) is 22.0 Å². The van der Waals surface area contributed by atoms with E-state index in [2.05, 4.69) is 0 Å². The zero-order valence-electron chi connectivity index (χ0n) is 3.47. The molecule has 0 atom stereocenters. The molecule has 1 saturated carbocycles. The molecule has 0 radical (unpaired) electrons. The maximum Gasteiger partial charge on any atom is 0.350 e. The molecule has 0 spiro atoms. The maximum absolute atomic E-state index is 11.2. The van der Waals surface area contributed by atoms with Crippen LogP contribution in [0.5, 0.6) is 0 Å². The molecule has 0 aliphatic heterocycles. The van der Waals surface area contributed by atoms with E-state index in [1.54, 1.807) is 0 Å². The third-order valence-corrected chi connectivity index (χ3v) is 0.998. The van der Waals surface area contributed by atoms with Crippen molar-refractivity contribution in [2.24, 2.45) is 0 Å².